The SMILES string of the molecule is Cc1ccc([C@@H](C)N(CC#Cc2cnc3c(c2)C[C@@]2(C3)C(=O)Nc3ncccc32)C(=O)C(C)(C)C)cc1F. The largest absolute Gasteiger partial charge is 0.324 e. The minimum atomic E-state index is -0.681. The van der Waals surface area contributed by atoms with Crippen LogP contribution in [0.4, 0.5) is 10.2 Å². The second-order valence-electron chi connectivity index (χ2n) is 11.3. The molecule has 6 nitrogen and oxygen atoms in total. The van der Waals surface area contributed by atoms with Gasteiger partial charge in [-0.25, -0.2) is 9.37 Å². The number of pyridine rings is 2. The quantitative estimate of drug-likeness (QED) is 0.509. The molecule has 0 bridgehead atoms. The summed E-state index contributed by atoms with van der Waals surface area (Å²) in [7, 11) is 0. The summed E-state index contributed by atoms with van der Waals surface area (Å²) in [6.45, 7) is 9.40. The number of nitrogens with one attached hydrogen (secondary N) is 1. The first-order valence-electron chi connectivity index (χ1n) is 12.8. The van der Waals surface area contributed by atoms with E-state index in [4.69, 9.17) is 0 Å². The number of fused-ring (bicyclic) bond motifs is 3. The highest BCUT2D eigenvalue weighted by Crippen LogP contribution is 2.46. The van der Waals surface area contributed by atoms with E-state index in [2.05, 4.69) is 27.1 Å². The number of aryl methyl sites for hydroxylation is 1. The smallest absolute Gasteiger partial charge is 0.237 e. The van der Waals surface area contributed by atoms with Crippen molar-refractivity contribution in [2.24, 2.45) is 5.41 Å². The third-order valence-corrected chi connectivity index (χ3v) is 7.54. The van der Waals surface area contributed by atoms with E-state index in [1.165, 1.54) is 6.07 Å². The number of carbonyl (C=O) groups excluding carboxylic acids is 2. The van der Waals surface area contributed by atoms with Crippen molar-refractivity contribution in [2.45, 2.75) is 58.9 Å². The first kappa shape index (κ1) is 25.6. The number of nitrogens with zero attached hydrogens (tertiary/aromatic N) is 3. The molecule has 0 fully saturated rings. The van der Waals surface area contributed by atoms with Crippen LogP contribution < -0.4 is 5.32 Å². The van der Waals surface area contributed by atoms with Gasteiger partial charge in [0.15, 0.2) is 0 Å². The molecule has 0 saturated heterocycles. The Morgan fingerprint density at radius 3 is 2.74 bits per heavy atom. The van der Waals surface area contributed by atoms with Crippen molar-refractivity contribution < 1.29 is 14.0 Å². The molecule has 194 valence electrons. The van der Waals surface area contributed by atoms with Crippen LogP contribution in [0.2, 0.25) is 0 Å². The molecule has 1 aliphatic heterocycles. The molecule has 1 aromatic carbocycles. The van der Waals surface area contributed by atoms with Crippen LogP contribution >= 0.6 is 0 Å². The van der Waals surface area contributed by atoms with Crippen molar-refractivity contribution in [2.75, 3.05) is 11.9 Å². The zero-order chi connectivity index (χ0) is 27.2. The van der Waals surface area contributed by atoms with Gasteiger partial charge in [0.05, 0.1) is 18.0 Å². The zero-order valence-corrected chi connectivity index (χ0v) is 22.4. The first-order valence-corrected chi connectivity index (χ1v) is 12.8. The van der Waals surface area contributed by atoms with Gasteiger partial charge in [-0.1, -0.05) is 50.8 Å². The Labute approximate surface area is 222 Å². The standard InChI is InChI=1S/C31H31FN4O2/c1-19-10-11-22(15-25(19)32)20(2)36(29(38)30(3,4)5)13-7-8-21-14-23-16-31(17-26(23)34-18-21)24-9-6-12-33-27(24)35-28(31)37/h6,9-12,14-15,18,20H,13,16-17H2,1-5H3,(H,33,35,37)/t20-,31+/m1/s1. The summed E-state index contributed by atoms with van der Waals surface area (Å²) in [4.78, 5) is 36.9. The number of aromatic nitrogens is 2. The summed E-state index contributed by atoms with van der Waals surface area (Å²) in [6.07, 6.45) is 4.46. The van der Waals surface area contributed by atoms with Gasteiger partial charge in [-0.15, -0.1) is 0 Å². The minimum Gasteiger partial charge on any atom is -0.324 e. The van der Waals surface area contributed by atoms with Crippen molar-refractivity contribution in [1.82, 2.24) is 14.9 Å². The van der Waals surface area contributed by atoms with E-state index in [0.717, 1.165) is 27.9 Å². The second kappa shape index (κ2) is 9.36. The summed E-state index contributed by atoms with van der Waals surface area (Å²) < 4.78 is 14.3. The van der Waals surface area contributed by atoms with Gasteiger partial charge >= 0.3 is 0 Å². The van der Waals surface area contributed by atoms with E-state index in [1.807, 2.05) is 52.0 Å². The Bertz CT molecular complexity index is 1510. The van der Waals surface area contributed by atoms with Gasteiger partial charge in [0.1, 0.15) is 11.6 Å². The lowest BCUT2D eigenvalue weighted by atomic mass is 9.80. The second-order valence-corrected chi connectivity index (χ2v) is 11.3. The maximum atomic E-state index is 14.3. The number of hydrogen-bond acceptors (Lipinski definition) is 4. The molecule has 5 rings (SSSR count). The first-order chi connectivity index (χ1) is 18.0. The van der Waals surface area contributed by atoms with Gasteiger partial charge in [-0.2, -0.15) is 0 Å². The van der Waals surface area contributed by atoms with Crippen molar-refractivity contribution in [3.8, 4) is 11.8 Å². The molecule has 0 saturated carbocycles. The number of carbonyl (C=O) groups is 2. The maximum absolute atomic E-state index is 14.3. The number of rotatable bonds is 3. The van der Waals surface area contributed by atoms with Crippen LogP contribution in [-0.4, -0.2) is 33.2 Å². The molecule has 2 atom stereocenters. The zero-order valence-electron chi connectivity index (χ0n) is 22.4. The van der Waals surface area contributed by atoms with E-state index in [1.54, 1.807) is 30.3 Å². The monoisotopic (exact) mass is 510 g/mol. The number of hydrogen-bond donors (Lipinski definition) is 1. The van der Waals surface area contributed by atoms with Crippen molar-refractivity contribution in [3.05, 3.63) is 88.1 Å². The van der Waals surface area contributed by atoms with Crippen molar-refractivity contribution in [3.63, 3.8) is 0 Å². The lowest BCUT2D eigenvalue weighted by Gasteiger charge is -2.33. The van der Waals surface area contributed by atoms with Crippen LogP contribution in [0.5, 0.6) is 0 Å². The molecule has 0 unspecified atom stereocenters. The summed E-state index contributed by atoms with van der Waals surface area (Å²) >= 11 is 0. The van der Waals surface area contributed by atoms with Crippen LogP contribution in [0.3, 0.4) is 0 Å². The lowest BCUT2D eigenvalue weighted by Crippen LogP contribution is -2.41. The highest BCUT2D eigenvalue weighted by atomic mass is 19.1. The summed E-state index contributed by atoms with van der Waals surface area (Å²) in [5.74, 6) is 6.52. The molecule has 2 aliphatic rings. The van der Waals surface area contributed by atoms with Gasteiger partial charge in [0, 0.05) is 41.1 Å². The predicted molar refractivity (Wildman–Crippen MR) is 144 cm³/mol. The van der Waals surface area contributed by atoms with E-state index in [0.29, 0.717) is 24.2 Å². The van der Waals surface area contributed by atoms with E-state index < -0.39 is 10.8 Å². The molecule has 3 heterocycles. The van der Waals surface area contributed by atoms with Crippen LogP contribution in [0.25, 0.3) is 0 Å². The third kappa shape index (κ3) is 4.45. The molecule has 1 spiro atoms. The molecular weight excluding hydrogens is 479 g/mol. The fourth-order valence-electron chi connectivity index (χ4n) is 5.28. The van der Waals surface area contributed by atoms with E-state index in [-0.39, 0.29) is 30.2 Å². The Hall–Kier alpha value is -4.05. The molecule has 0 radical (unpaired) electrons. The van der Waals surface area contributed by atoms with E-state index >= 15 is 0 Å². The molecule has 38 heavy (non-hydrogen) atoms. The highest BCUT2D eigenvalue weighted by molar-refractivity contribution is 6.06. The molecule has 1 aliphatic carbocycles. The molecule has 7 heteroatoms. The Morgan fingerprint density at radius 1 is 1.21 bits per heavy atom. The third-order valence-electron chi connectivity index (χ3n) is 7.54. The Balaban J connectivity index is 1.38. The molecular formula is C31H31FN4O2. The van der Waals surface area contributed by atoms with Crippen molar-refractivity contribution in [1.29, 1.82) is 0 Å². The van der Waals surface area contributed by atoms with Gasteiger partial charge in [-0.3, -0.25) is 14.6 Å². The Kier molecular flexibility index (Phi) is 6.30. The van der Waals surface area contributed by atoms with Crippen molar-refractivity contribution >= 4 is 17.6 Å². The number of halogens is 1. The summed E-state index contributed by atoms with van der Waals surface area (Å²) in [5.41, 5.74) is 3.51. The van der Waals surface area contributed by atoms with Crippen LogP contribution in [0.1, 0.15) is 67.2 Å². The average Bonchev–Trinajstić information content (AvgIpc) is 3.39. The average molecular weight is 511 g/mol. The van der Waals surface area contributed by atoms with Gasteiger partial charge < -0.3 is 10.2 Å². The van der Waals surface area contributed by atoms with Gasteiger partial charge in [0.2, 0.25) is 11.8 Å². The topological polar surface area (TPSA) is 75.2 Å². The molecule has 1 N–H and O–H groups in total. The Morgan fingerprint density at radius 2 is 2.00 bits per heavy atom. The lowest BCUT2D eigenvalue weighted by molar-refractivity contribution is -0.141. The van der Waals surface area contributed by atoms with Crippen LogP contribution in [-0.2, 0) is 27.8 Å². The van der Waals surface area contributed by atoms with Gasteiger partial charge in [0.25, 0.3) is 0 Å². The minimum absolute atomic E-state index is 0.0466. The summed E-state index contributed by atoms with van der Waals surface area (Å²) in [5, 5.41) is 2.91. The van der Waals surface area contributed by atoms with Gasteiger partial charge in [-0.05, 0) is 55.2 Å². The highest BCUT2D eigenvalue weighted by Gasteiger charge is 2.51. The van der Waals surface area contributed by atoms with Crippen LogP contribution in [0.15, 0.2) is 48.8 Å². The fraction of sp³-hybridized carbons (Fsp3) is 0.355. The van der Waals surface area contributed by atoms with E-state index in [9.17, 15) is 14.0 Å². The number of anilines is 1. The van der Waals surface area contributed by atoms with Crippen LogP contribution in [0, 0.1) is 30.0 Å². The molecule has 3 aromatic rings. The normalized spacial score (nSPS) is 18.3. The summed E-state index contributed by atoms with van der Waals surface area (Å²) in [6, 6.07) is 10.5. The maximum Gasteiger partial charge on any atom is 0.237 e. The number of benzene rings is 1. The molecule has 2 aromatic heterocycles. The number of amides is 2. The predicted octanol–water partition coefficient (Wildman–Crippen LogP) is 4.90. The molecule has 2 amide bonds. The fourth-order valence-corrected chi connectivity index (χ4v) is 5.28.